The van der Waals surface area contributed by atoms with Crippen LogP contribution < -0.4 is 15.6 Å². The molecule has 3 N–H and O–H groups in total. The Morgan fingerprint density at radius 3 is 2.54 bits per heavy atom. The van der Waals surface area contributed by atoms with E-state index in [4.69, 9.17) is 19.6 Å². The number of ether oxygens (including phenoxy) is 2. The lowest BCUT2D eigenvalue weighted by molar-refractivity contribution is -0.129. The quantitative estimate of drug-likeness (QED) is 0.205. The van der Waals surface area contributed by atoms with E-state index < -0.39 is 11.6 Å². The third kappa shape index (κ3) is 7.81. The molecular weight excluding hydrogens is 517 g/mol. The first-order chi connectivity index (χ1) is 19.0. The lowest BCUT2D eigenvalue weighted by Crippen LogP contribution is -2.56. The number of carbonyl (C=O) groups excluding carboxylic acids is 1. The van der Waals surface area contributed by atoms with Crippen LogP contribution in [0.4, 0.5) is 4.39 Å². The van der Waals surface area contributed by atoms with Gasteiger partial charge in [-0.1, -0.05) is 42.5 Å². The molecule has 0 aliphatic carbocycles. The van der Waals surface area contributed by atoms with Crippen molar-refractivity contribution in [2.24, 2.45) is 4.99 Å². The molecule has 1 aliphatic rings. The Labute approximate surface area is 232 Å². The van der Waals surface area contributed by atoms with Gasteiger partial charge in [-0.05, 0) is 54.4 Å². The first kappa shape index (κ1) is 28.6. The monoisotopic (exact) mass is 551 g/mol. The predicted molar refractivity (Wildman–Crippen MR) is 152 cm³/mol. The number of thioether (sulfide) groups is 1. The number of carbonyl (C=O) groups is 1. The summed E-state index contributed by atoms with van der Waals surface area (Å²) in [5.41, 5.74) is 7.52. The number of halogens is 1. The summed E-state index contributed by atoms with van der Waals surface area (Å²) in [7, 11) is 0. The Morgan fingerprint density at radius 2 is 1.82 bits per heavy atom. The molecule has 0 unspecified atom stereocenters. The third-order valence-corrected chi connectivity index (χ3v) is 7.43. The van der Waals surface area contributed by atoms with Gasteiger partial charge in [0.15, 0.2) is 5.54 Å². The topological polar surface area (TPSA) is 92.2 Å². The number of hydrazine groups is 1. The van der Waals surface area contributed by atoms with Crippen LogP contribution in [0.5, 0.6) is 5.75 Å². The third-order valence-electron chi connectivity index (χ3n) is 6.40. The molecule has 3 aromatic rings. The van der Waals surface area contributed by atoms with E-state index in [-0.39, 0.29) is 18.3 Å². The summed E-state index contributed by atoms with van der Waals surface area (Å²) >= 11 is 1.69. The lowest BCUT2D eigenvalue weighted by atomic mass is 9.86. The van der Waals surface area contributed by atoms with Crippen LogP contribution in [-0.2, 0) is 21.7 Å². The zero-order valence-corrected chi connectivity index (χ0v) is 22.8. The van der Waals surface area contributed by atoms with E-state index in [9.17, 15) is 9.18 Å². The molecule has 206 valence electrons. The number of nitrogens with one attached hydrogen (secondary N) is 2. The van der Waals surface area contributed by atoms with Crippen LogP contribution in [0.1, 0.15) is 30.0 Å². The number of aliphatic hydroxyl groups excluding tert-OH is 1. The van der Waals surface area contributed by atoms with Crippen molar-refractivity contribution in [3.8, 4) is 5.75 Å². The molecule has 1 heterocycles. The van der Waals surface area contributed by atoms with Gasteiger partial charge in [-0.25, -0.2) is 14.8 Å². The second-order valence-electron chi connectivity index (χ2n) is 9.27. The maximum Gasteiger partial charge on any atom is 0.266 e. The van der Waals surface area contributed by atoms with Crippen LogP contribution in [0.15, 0.2) is 83.9 Å². The number of rotatable bonds is 14. The minimum atomic E-state index is -1.15. The van der Waals surface area contributed by atoms with Crippen molar-refractivity contribution in [3.63, 3.8) is 0 Å². The van der Waals surface area contributed by atoms with Crippen LogP contribution in [-0.4, -0.2) is 54.1 Å². The number of amides is 1. The van der Waals surface area contributed by atoms with Gasteiger partial charge in [-0.3, -0.25) is 10.2 Å². The standard InChI is InChI=1S/C30H34FN3O4S/c1-22-30(20-23-6-3-2-4-7-23,29(36)34-32-16-19-39-21-24-8-12-26(31)13-9-24)33-28(38-22)25-10-14-27(15-11-25)37-18-5-17-35/h2-4,6-15,22,32,35H,5,16-21H2,1H3,(H,34,36)/t22-,30-/m0/s1. The largest absolute Gasteiger partial charge is 0.494 e. The van der Waals surface area contributed by atoms with Gasteiger partial charge in [0.1, 0.15) is 17.7 Å². The fourth-order valence-electron chi connectivity index (χ4n) is 4.20. The van der Waals surface area contributed by atoms with Gasteiger partial charge < -0.3 is 14.6 Å². The summed E-state index contributed by atoms with van der Waals surface area (Å²) in [4.78, 5) is 18.5. The first-order valence-corrected chi connectivity index (χ1v) is 14.2. The maximum atomic E-state index is 13.6. The molecule has 0 radical (unpaired) electrons. The summed E-state index contributed by atoms with van der Waals surface area (Å²) in [5, 5.41) is 8.94. The van der Waals surface area contributed by atoms with E-state index >= 15 is 0 Å². The molecule has 2 atom stereocenters. The maximum absolute atomic E-state index is 13.6. The molecule has 0 fully saturated rings. The van der Waals surface area contributed by atoms with Crippen molar-refractivity contribution in [3.05, 3.63) is 101 Å². The molecule has 0 saturated carbocycles. The Kier molecular flexibility index (Phi) is 10.4. The molecule has 9 heteroatoms. The van der Waals surface area contributed by atoms with Crippen LogP contribution in [0.2, 0.25) is 0 Å². The Hall–Kier alpha value is -3.40. The molecule has 7 nitrogen and oxygen atoms in total. The van der Waals surface area contributed by atoms with E-state index in [0.717, 1.165) is 28.2 Å². The first-order valence-electron chi connectivity index (χ1n) is 13.0. The number of benzene rings is 3. The van der Waals surface area contributed by atoms with Crippen molar-refractivity contribution >= 4 is 23.6 Å². The average Bonchev–Trinajstić information content (AvgIpc) is 3.29. The summed E-state index contributed by atoms with van der Waals surface area (Å²) in [5.74, 6) is 2.11. The number of nitrogens with zero attached hydrogens (tertiary/aromatic N) is 1. The molecule has 0 spiro atoms. The summed E-state index contributed by atoms with van der Waals surface area (Å²) < 4.78 is 24.8. The van der Waals surface area contributed by atoms with E-state index in [1.165, 1.54) is 12.1 Å². The fourth-order valence-corrected chi connectivity index (χ4v) is 5.01. The molecule has 0 aromatic heterocycles. The normalized spacial score (nSPS) is 18.3. The van der Waals surface area contributed by atoms with Crippen molar-refractivity contribution in [2.45, 2.75) is 37.2 Å². The summed E-state index contributed by atoms with van der Waals surface area (Å²) in [6.07, 6.45) is 0.448. The van der Waals surface area contributed by atoms with Crippen molar-refractivity contribution in [1.82, 2.24) is 10.9 Å². The molecule has 3 aromatic carbocycles. The number of aliphatic hydroxyl groups is 1. The highest BCUT2D eigenvalue weighted by Gasteiger charge is 2.50. The Morgan fingerprint density at radius 1 is 1.08 bits per heavy atom. The van der Waals surface area contributed by atoms with Crippen LogP contribution in [0, 0.1) is 5.82 Å². The smallest absolute Gasteiger partial charge is 0.266 e. The van der Waals surface area contributed by atoms with Crippen LogP contribution in [0.25, 0.3) is 0 Å². The molecule has 1 aliphatic heterocycles. The summed E-state index contributed by atoms with van der Waals surface area (Å²) in [6.45, 7) is 2.94. The van der Waals surface area contributed by atoms with E-state index in [1.54, 1.807) is 23.9 Å². The Bertz CT molecular complexity index is 1230. The van der Waals surface area contributed by atoms with Gasteiger partial charge in [-0.2, -0.15) is 11.8 Å². The zero-order chi connectivity index (χ0) is 27.5. The second kappa shape index (κ2) is 14.1. The molecule has 0 bridgehead atoms. The van der Waals surface area contributed by atoms with Crippen molar-refractivity contribution < 1.29 is 23.8 Å². The highest BCUT2D eigenvalue weighted by Crippen LogP contribution is 2.32. The minimum Gasteiger partial charge on any atom is -0.494 e. The van der Waals surface area contributed by atoms with Gasteiger partial charge in [0, 0.05) is 43.1 Å². The van der Waals surface area contributed by atoms with E-state index in [1.807, 2.05) is 61.5 Å². The van der Waals surface area contributed by atoms with Crippen molar-refractivity contribution in [2.75, 3.05) is 25.5 Å². The lowest BCUT2D eigenvalue weighted by Gasteiger charge is -2.28. The van der Waals surface area contributed by atoms with E-state index in [0.29, 0.717) is 37.6 Å². The van der Waals surface area contributed by atoms with E-state index in [2.05, 4.69) is 10.9 Å². The predicted octanol–water partition coefficient (Wildman–Crippen LogP) is 4.29. The SMILES string of the molecule is C[C@@H]1OC(c2ccc(OCCCO)cc2)=N[C@]1(Cc1ccccc1)C(=O)NNCCSCc1ccc(F)cc1. The second-order valence-corrected chi connectivity index (χ2v) is 10.4. The Balaban J connectivity index is 1.40. The van der Waals surface area contributed by atoms with Gasteiger partial charge in [0.05, 0.1) is 6.61 Å². The highest BCUT2D eigenvalue weighted by molar-refractivity contribution is 7.98. The summed E-state index contributed by atoms with van der Waals surface area (Å²) in [6, 6.07) is 23.6. The van der Waals surface area contributed by atoms with Gasteiger partial charge in [0.25, 0.3) is 5.91 Å². The highest BCUT2D eigenvalue weighted by atomic mass is 32.2. The molecule has 39 heavy (non-hydrogen) atoms. The molecule has 0 saturated heterocycles. The zero-order valence-electron chi connectivity index (χ0n) is 21.9. The molecule has 1 amide bonds. The average molecular weight is 552 g/mol. The van der Waals surface area contributed by atoms with Crippen LogP contribution in [0.3, 0.4) is 0 Å². The fraction of sp³-hybridized carbons (Fsp3) is 0.333. The number of aliphatic imine (C=N–C) groups is 1. The van der Waals surface area contributed by atoms with Gasteiger partial charge in [0.2, 0.25) is 5.90 Å². The van der Waals surface area contributed by atoms with Gasteiger partial charge in [-0.15, -0.1) is 0 Å². The number of hydrogen-bond acceptors (Lipinski definition) is 7. The minimum absolute atomic E-state index is 0.0792. The molecular formula is C30H34FN3O4S. The van der Waals surface area contributed by atoms with Crippen molar-refractivity contribution in [1.29, 1.82) is 0 Å². The van der Waals surface area contributed by atoms with Gasteiger partial charge >= 0.3 is 0 Å². The molecule has 4 rings (SSSR count). The number of hydrogen-bond donors (Lipinski definition) is 3. The van der Waals surface area contributed by atoms with Crippen LogP contribution >= 0.6 is 11.8 Å².